The Morgan fingerprint density at radius 3 is 2.29 bits per heavy atom. The van der Waals surface area contributed by atoms with Crippen LogP contribution >= 0.6 is 23.2 Å². The minimum absolute atomic E-state index is 0.0776. The summed E-state index contributed by atoms with van der Waals surface area (Å²) in [5.41, 5.74) is 5.53. The normalized spacial score (nSPS) is 15.4. The first-order chi connectivity index (χ1) is 9.72. The van der Waals surface area contributed by atoms with Gasteiger partial charge >= 0.3 is 5.97 Å². The van der Waals surface area contributed by atoms with Crippen molar-refractivity contribution >= 4 is 29.2 Å². The number of rotatable bonds is 6. The Morgan fingerprint density at radius 2 is 1.81 bits per heavy atom. The molecule has 0 saturated heterocycles. The second-order valence-corrected chi connectivity index (χ2v) is 6.18. The minimum Gasteiger partial charge on any atom is -0.485 e. The Morgan fingerprint density at radius 1 is 1.19 bits per heavy atom. The van der Waals surface area contributed by atoms with Crippen molar-refractivity contribution < 1.29 is 14.3 Å². The number of hydrogen-bond acceptors (Lipinski definition) is 4. The van der Waals surface area contributed by atoms with E-state index >= 15 is 0 Å². The molecule has 0 aliphatic rings. The van der Waals surface area contributed by atoms with Gasteiger partial charge in [-0.15, -0.1) is 0 Å². The van der Waals surface area contributed by atoms with E-state index in [0.29, 0.717) is 15.8 Å². The van der Waals surface area contributed by atoms with Crippen LogP contribution in [0.5, 0.6) is 5.75 Å². The fraction of sp³-hybridized carbons (Fsp3) is 0.533. The molecular weight excluding hydrogens is 313 g/mol. The molecule has 0 spiro atoms. The van der Waals surface area contributed by atoms with Crippen molar-refractivity contribution in [2.24, 2.45) is 11.7 Å². The maximum absolute atomic E-state index is 11.7. The van der Waals surface area contributed by atoms with E-state index in [-0.39, 0.29) is 12.0 Å². The highest BCUT2D eigenvalue weighted by Gasteiger charge is 2.28. The number of halogens is 2. The van der Waals surface area contributed by atoms with Gasteiger partial charge in [-0.1, -0.05) is 37.0 Å². The van der Waals surface area contributed by atoms with E-state index in [4.69, 9.17) is 38.4 Å². The highest BCUT2D eigenvalue weighted by Crippen LogP contribution is 2.29. The molecule has 4 nitrogen and oxygen atoms in total. The summed E-state index contributed by atoms with van der Waals surface area (Å²) in [6.45, 7) is 7.30. The lowest BCUT2D eigenvalue weighted by Crippen LogP contribution is -2.41. The van der Waals surface area contributed by atoms with Crippen LogP contribution in [0.25, 0.3) is 0 Å². The van der Waals surface area contributed by atoms with Crippen LogP contribution in [-0.2, 0) is 9.53 Å². The largest absolute Gasteiger partial charge is 0.485 e. The molecule has 3 atom stereocenters. The Hall–Kier alpha value is -0.970. The van der Waals surface area contributed by atoms with Crippen molar-refractivity contribution in [3.63, 3.8) is 0 Å². The maximum Gasteiger partial charge on any atom is 0.323 e. The summed E-state index contributed by atoms with van der Waals surface area (Å²) in [7, 11) is 0. The Balaban J connectivity index is 2.81. The first kappa shape index (κ1) is 18.1. The Bertz CT molecular complexity index is 492. The lowest BCUT2D eigenvalue weighted by atomic mass is 10.0. The topological polar surface area (TPSA) is 61.5 Å². The van der Waals surface area contributed by atoms with Gasteiger partial charge in [-0.2, -0.15) is 0 Å². The van der Waals surface area contributed by atoms with Crippen LogP contribution in [0.2, 0.25) is 10.0 Å². The standard InChI is InChI=1S/C15H21Cl2NO3/c1-8(2)14(21-15(19)9(3)18)10(4)20-13-6-5-11(16)7-12(13)17/h5-10,14H,18H2,1-4H3/t9-,10-,14+/m0/s1. The van der Waals surface area contributed by atoms with Crippen molar-refractivity contribution in [2.75, 3.05) is 0 Å². The number of carbonyl (C=O) groups excluding carboxylic acids is 1. The van der Waals surface area contributed by atoms with Crippen LogP contribution < -0.4 is 10.5 Å². The van der Waals surface area contributed by atoms with Crippen LogP contribution in [0.4, 0.5) is 0 Å². The first-order valence-electron chi connectivity index (χ1n) is 6.80. The molecule has 21 heavy (non-hydrogen) atoms. The molecule has 0 aliphatic carbocycles. The van der Waals surface area contributed by atoms with Crippen molar-refractivity contribution in [3.05, 3.63) is 28.2 Å². The lowest BCUT2D eigenvalue weighted by molar-refractivity contribution is -0.157. The van der Waals surface area contributed by atoms with E-state index < -0.39 is 18.1 Å². The molecule has 0 aromatic heterocycles. The van der Waals surface area contributed by atoms with Gasteiger partial charge in [0.2, 0.25) is 0 Å². The maximum atomic E-state index is 11.7. The van der Waals surface area contributed by atoms with Crippen LogP contribution in [0.3, 0.4) is 0 Å². The quantitative estimate of drug-likeness (QED) is 0.806. The summed E-state index contributed by atoms with van der Waals surface area (Å²) in [5, 5.41) is 0.944. The third-order valence-electron chi connectivity index (χ3n) is 2.95. The molecule has 0 bridgehead atoms. The number of benzene rings is 1. The zero-order valence-corrected chi connectivity index (χ0v) is 14.1. The van der Waals surface area contributed by atoms with Crippen molar-refractivity contribution in [3.8, 4) is 5.75 Å². The third kappa shape index (κ3) is 5.38. The summed E-state index contributed by atoms with van der Waals surface area (Å²) in [4.78, 5) is 11.7. The smallest absolute Gasteiger partial charge is 0.323 e. The van der Waals surface area contributed by atoms with E-state index in [1.165, 1.54) is 0 Å². The van der Waals surface area contributed by atoms with Crippen molar-refractivity contribution in [1.82, 2.24) is 0 Å². The van der Waals surface area contributed by atoms with E-state index in [1.807, 2.05) is 20.8 Å². The average Bonchev–Trinajstić information content (AvgIpc) is 2.38. The number of esters is 1. The van der Waals surface area contributed by atoms with Crippen LogP contribution in [0.15, 0.2) is 18.2 Å². The Kier molecular flexibility index (Phi) is 6.78. The average molecular weight is 334 g/mol. The van der Waals surface area contributed by atoms with Gasteiger partial charge < -0.3 is 15.2 Å². The van der Waals surface area contributed by atoms with E-state index in [1.54, 1.807) is 25.1 Å². The van der Waals surface area contributed by atoms with Gasteiger partial charge in [0.05, 0.1) is 5.02 Å². The van der Waals surface area contributed by atoms with Gasteiger partial charge in [-0.25, -0.2) is 0 Å². The lowest BCUT2D eigenvalue weighted by Gasteiger charge is -2.28. The number of carbonyl (C=O) groups is 1. The molecule has 6 heteroatoms. The summed E-state index contributed by atoms with van der Waals surface area (Å²) in [6, 6.07) is 4.31. The van der Waals surface area contributed by atoms with E-state index in [9.17, 15) is 4.79 Å². The van der Waals surface area contributed by atoms with Gasteiger partial charge in [0.15, 0.2) is 0 Å². The zero-order valence-electron chi connectivity index (χ0n) is 12.6. The molecule has 1 rings (SSSR count). The fourth-order valence-electron chi connectivity index (χ4n) is 1.85. The molecule has 0 radical (unpaired) electrons. The predicted octanol–water partition coefficient (Wildman–Crippen LogP) is 3.68. The number of ether oxygens (including phenoxy) is 2. The van der Waals surface area contributed by atoms with Crippen molar-refractivity contribution in [1.29, 1.82) is 0 Å². The SMILES string of the molecule is CC(C)[C@@H](OC(=O)[C@H](C)N)[C@H](C)Oc1ccc(Cl)cc1Cl. The van der Waals surface area contributed by atoms with Gasteiger partial charge in [0.1, 0.15) is 24.0 Å². The van der Waals surface area contributed by atoms with Crippen LogP contribution in [0, 0.1) is 5.92 Å². The van der Waals surface area contributed by atoms with Gasteiger partial charge in [0.25, 0.3) is 0 Å². The molecule has 0 fully saturated rings. The number of nitrogens with two attached hydrogens (primary N) is 1. The molecule has 2 N–H and O–H groups in total. The summed E-state index contributed by atoms with van der Waals surface area (Å²) < 4.78 is 11.2. The monoisotopic (exact) mass is 333 g/mol. The molecule has 0 heterocycles. The van der Waals surface area contributed by atoms with Crippen LogP contribution in [-0.4, -0.2) is 24.2 Å². The van der Waals surface area contributed by atoms with Gasteiger partial charge in [0, 0.05) is 5.02 Å². The van der Waals surface area contributed by atoms with Gasteiger partial charge in [-0.05, 0) is 38.0 Å². The predicted molar refractivity (Wildman–Crippen MR) is 84.9 cm³/mol. The minimum atomic E-state index is -0.669. The van der Waals surface area contributed by atoms with Crippen molar-refractivity contribution in [2.45, 2.75) is 45.9 Å². The highest BCUT2D eigenvalue weighted by molar-refractivity contribution is 6.35. The van der Waals surface area contributed by atoms with Crippen LogP contribution in [0.1, 0.15) is 27.7 Å². The Labute approximate surface area is 135 Å². The second kappa shape index (κ2) is 7.87. The summed E-state index contributed by atoms with van der Waals surface area (Å²) >= 11 is 11.9. The van der Waals surface area contributed by atoms with E-state index in [0.717, 1.165) is 0 Å². The van der Waals surface area contributed by atoms with E-state index in [2.05, 4.69) is 0 Å². The third-order valence-corrected chi connectivity index (χ3v) is 3.48. The summed E-state index contributed by atoms with van der Waals surface area (Å²) in [5.74, 6) is 0.121. The molecular formula is C15H21Cl2NO3. The molecule has 0 amide bonds. The molecule has 1 aromatic rings. The second-order valence-electron chi connectivity index (χ2n) is 5.33. The molecule has 0 saturated carbocycles. The molecule has 0 aliphatic heterocycles. The highest BCUT2D eigenvalue weighted by atomic mass is 35.5. The summed E-state index contributed by atoms with van der Waals surface area (Å²) in [6.07, 6.45) is -0.790. The molecule has 0 unspecified atom stereocenters. The fourth-order valence-corrected chi connectivity index (χ4v) is 2.31. The number of hydrogen-bond donors (Lipinski definition) is 1. The van der Waals surface area contributed by atoms with Gasteiger partial charge in [-0.3, -0.25) is 4.79 Å². The zero-order chi connectivity index (χ0) is 16.2. The molecule has 118 valence electrons. The molecule has 1 aromatic carbocycles. The first-order valence-corrected chi connectivity index (χ1v) is 7.55.